The largest absolute Gasteiger partial charge is 0.492 e. The molecular weight excluding hydrogens is 358 g/mol. The molecule has 7 heteroatoms. The summed E-state index contributed by atoms with van der Waals surface area (Å²) in [6.07, 6.45) is 5.68. The third-order valence-electron chi connectivity index (χ3n) is 5.96. The number of aryl methyl sites for hydroxylation is 1. The number of piperidine rings is 1. The highest BCUT2D eigenvalue weighted by Crippen LogP contribution is 2.44. The van der Waals surface area contributed by atoms with Crippen molar-refractivity contribution in [3.8, 4) is 5.75 Å². The molecule has 0 amide bonds. The van der Waals surface area contributed by atoms with Crippen molar-refractivity contribution in [2.45, 2.75) is 44.7 Å². The molecule has 1 aromatic heterocycles. The average Bonchev–Trinajstić information content (AvgIpc) is 3.52. The molecule has 2 aromatic rings. The Labute approximate surface area is 163 Å². The lowest BCUT2D eigenvalue weighted by molar-refractivity contribution is 0.0695. The molecule has 0 bridgehead atoms. The van der Waals surface area contributed by atoms with E-state index in [1.165, 1.54) is 6.20 Å². The van der Waals surface area contributed by atoms with Crippen molar-refractivity contribution in [3.05, 3.63) is 33.6 Å². The number of rotatable bonds is 5. The number of likely N-dealkylation sites (N-methyl/N-ethyl adjacent to an activating group) is 1. The van der Waals surface area contributed by atoms with Crippen LogP contribution in [-0.4, -0.2) is 48.9 Å². The molecule has 1 aromatic carbocycles. The van der Waals surface area contributed by atoms with E-state index in [0.717, 1.165) is 50.0 Å². The van der Waals surface area contributed by atoms with E-state index in [2.05, 4.69) is 10.2 Å². The van der Waals surface area contributed by atoms with Crippen molar-refractivity contribution in [1.29, 1.82) is 0 Å². The van der Waals surface area contributed by atoms with Gasteiger partial charge in [-0.3, -0.25) is 4.79 Å². The third kappa shape index (κ3) is 3.03. The number of ether oxygens (including phenoxy) is 1. The van der Waals surface area contributed by atoms with Gasteiger partial charge < -0.3 is 24.6 Å². The van der Waals surface area contributed by atoms with Gasteiger partial charge >= 0.3 is 5.97 Å². The molecule has 2 heterocycles. The van der Waals surface area contributed by atoms with Crippen molar-refractivity contribution in [1.82, 2.24) is 9.88 Å². The number of pyridine rings is 1. The highest BCUT2D eigenvalue weighted by molar-refractivity contribution is 5.97. The Hall–Kier alpha value is -2.54. The van der Waals surface area contributed by atoms with Gasteiger partial charge in [-0.1, -0.05) is 0 Å². The molecule has 0 radical (unpaired) electrons. The van der Waals surface area contributed by atoms with Gasteiger partial charge in [-0.05, 0) is 51.3 Å². The molecule has 2 aliphatic rings. The molecule has 1 saturated carbocycles. The van der Waals surface area contributed by atoms with E-state index in [1.807, 2.05) is 24.6 Å². The Kier molecular flexibility index (Phi) is 4.79. The van der Waals surface area contributed by atoms with E-state index in [4.69, 9.17) is 4.74 Å². The summed E-state index contributed by atoms with van der Waals surface area (Å²) in [5.74, 6) is -0.511. The molecule has 2 N–H and O–H groups in total. The first-order valence-corrected chi connectivity index (χ1v) is 9.88. The summed E-state index contributed by atoms with van der Waals surface area (Å²) in [7, 11) is 3.61. The minimum atomic E-state index is -1.19. The fourth-order valence-corrected chi connectivity index (χ4v) is 4.40. The number of aromatic carboxylic acids is 1. The fourth-order valence-electron chi connectivity index (χ4n) is 4.40. The number of carboxylic acid groups (broad SMARTS) is 1. The van der Waals surface area contributed by atoms with Gasteiger partial charge in [-0.2, -0.15) is 0 Å². The maximum atomic E-state index is 12.9. The van der Waals surface area contributed by atoms with Crippen LogP contribution < -0.4 is 20.4 Å². The fraction of sp³-hybridized carbons (Fsp3) is 0.524. The summed E-state index contributed by atoms with van der Waals surface area (Å²) in [6.45, 7) is 3.77. The molecule has 1 aliphatic carbocycles. The summed E-state index contributed by atoms with van der Waals surface area (Å²) < 4.78 is 7.81. The summed E-state index contributed by atoms with van der Waals surface area (Å²) in [4.78, 5) is 26.8. The standard InChI is InChI=1S/C21H27N3O4/c1-12-9-15-18(24(14-6-7-14)11-16(19(15)25)21(26)27)20(28-3)17(12)23-8-4-5-13(10-23)22-2/h9,11,13-14,22H,4-8,10H2,1-3H3,(H,26,27). The van der Waals surface area contributed by atoms with E-state index in [1.54, 1.807) is 7.11 Å². The van der Waals surface area contributed by atoms with Crippen molar-refractivity contribution < 1.29 is 14.6 Å². The van der Waals surface area contributed by atoms with Gasteiger partial charge in [0.2, 0.25) is 5.43 Å². The zero-order valence-electron chi connectivity index (χ0n) is 16.6. The number of fused-ring (bicyclic) bond motifs is 1. The summed E-state index contributed by atoms with van der Waals surface area (Å²) in [5, 5.41) is 13.3. The van der Waals surface area contributed by atoms with Crippen LogP contribution in [0, 0.1) is 6.92 Å². The second-order valence-corrected chi connectivity index (χ2v) is 7.86. The normalized spacial score (nSPS) is 19.8. The predicted octanol–water partition coefficient (Wildman–Crippen LogP) is 2.54. The smallest absolute Gasteiger partial charge is 0.341 e. The Morgan fingerprint density at radius 3 is 2.68 bits per heavy atom. The van der Waals surface area contributed by atoms with Gasteiger partial charge in [-0.25, -0.2) is 4.79 Å². The molecule has 1 aliphatic heterocycles. The molecule has 150 valence electrons. The summed E-state index contributed by atoms with van der Waals surface area (Å²) in [6, 6.07) is 2.47. The minimum Gasteiger partial charge on any atom is -0.492 e. The van der Waals surface area contributed by atoms with Crippen molar-refractivity contribution in [2.75, 3.05) is 32.1 Å². The van der Waals surface area contributed by atoms with E-state index in [0.29, 0.717) is 22.7 Å². The SMILES string of the molecule is CNC1CCCN(c2c(C)cc3c(=O)c(C(=O)O)cn(C4CC4)c3c2OC)C1. The molecule has 4 rings (SSSR count). The van der Waals surface area contributed by atoms with E-state index < -0.39 is 11.4 Å². The van der Waals surface area contributed by atoms with Crippen LogP contribution in [0.1, 0.15) is 47.6 Å². The van der Waals surface area contributed by atoms with Crippen molar-refractivity contribution >= 4 is 22.6 Å². The maximum Gasteiger partial charge on any atom is 0.341 e. The van der Waals surface area contributed by atoms with E-state index in [9.17, 15) is 14.7 Å². The van der Waals surface area contributed by atoms with Gasteiger partial charge in [-0.15, -0.1) is 0 Å². The second kappa shape index (κ2) is 7.13. The van der Waals surface area contributed by atoms with E-state index >= 15 is 0 Å². The van der Waals surface area contributed by atoms with Gasteiger partial charge in [0.15, 0.2) is 5.75 Å². The average molecular weight is 385 g/mol. The zero-order chi connectivity index (χ0) is 20.0. The lowest BCUT2D eigenvalue weighted by Gasteiger charge is -2.36. The van der Waals surface area contributed by atoms with Crippen molar-refractivity contribution in [3.63, 3.8) is 0 Å². The van der Waals surface area contributed by atoms with Crippen LogP contribution >= 0.6 is 0 Å². The first kappa shape index (κ1) is 18.8. The molecule has 2 fully saturated rings. The number of methoxy groups -OCH3 is 1. The van der Waals surface area contributed by atoms with Gasteiger partial charge in [0, 0.05) is 31.4 Å². The van der Waals surface area contributed by atoms with Crippen LogP contribution in [0.3, 0.4) is 0 Å². The molecule has 7 nitrogen and oxygen atoms in total. The van der Waals surface area contributed by atoms with Crippen LogP contribution in [0.25, 0.3) is 10.9 Å². The van der Waals surface area contributed by atoms with Crippen molar-refractivity contribution in [2.24, 2.45) is 0 Å². The Morgan fingerprint density at radius 2 is 2.07 bits per heavy atom. The number of carbonyl (C=O) groups is 1. The van der Waals surface area contributed by atoms with Crippen LogP contribution in [-0.2, 0) is 0 Å². The van der Waals surface area contributed by atoms with Gasteiger partial charge in [0.05, 0.1) is 23.7 Å². The number of carboxylic acids is 1. The van der Waals surface area contributed by atoms with Crippen LogP contribution in [0.4, 0.5) is 5.69 Å². The van der Waals surface area contributed by atoms with Crippen LogP contribution in [0.15, 0.2) is 17.1 Å². The van der Waals surface area contributed by atoms with Crippen LogP contribution in [0.5, 0.6) is 5.75 Å². The topological polar surface area (TPSA) is 83.8 Å². The minimum absolute atomic E-state index is 0.179. The monoisotopic (exact) mass is 385 g/mol. The number of hydrogen-bond acceptors (Lipinski definition) is 5. The Bertz CT molecular complexity index is 994. The van der Waals surface area contributed by atoms with Gasteiger partial charge in [0.1, 0.15) is 5.56 Å². The van der Waals surface area contributed by atoms with E-state index in [-0.39, 0.29) is 11.6 Å². The molecule has 28 heavy (non-hydrogen) atoms. The molecule has 1 unspecified atom stereocenters. The Balaban J connectivity index is 1.99. The predicted molar refractivity (Wildman–Crippen MR) is 109 cm³/mol. The maximum absolute atomic E-state index is 12.9. The second-order valence-electron chi connectivity index (χ2n) is 7.86. The molecule has 0 spiro atoms. The summed E-state index contributed by atoms with van der Waals surface area (Å²) >= 11 is 0. The Morgan fingerprint density at radius 1 is 1.32 bits per heavy atom. The number of nitrogens with zero attached hydrogens (tertiary/aromatic N) is 2. The highest BCUT2D eigenvalue weighted by atomic mass is 16.5. The molecular formula is C21H27N3O4. The first-order chi connectivity index (χ1) is 13.5. The quantitative estimate of drug-likeness (QED) is 0.823. The number of nitrogens with one attached hydrogen (secondary N) is 1. The highest BCUT2D eigenvalue weighted by Gasteiger charge is 2.31. The van der Waals surface area contributed by atoms with Crippen LogP contribution in [0.2, 0.25) is 0 Å². The number of anilines is 1. The first-order valence-electron chi connectivity index (χ1n) is 9.88. The van der Waals surface area contributed by atoms with Gasteiger partial charge in [0.25, 0.3) is 0 Å². The molecule has 1 atom stereocenters. The number of aromatic nitrogens is 1. The lowest BCUT2D eigenvalue weighted by atomic mass is 10.0. The third-order valence-corrected chi connectivity index (χ3v) is 5.96. The molecule has 1 saturated heterocycles. The zero-order valence-corrected chi connectivity index (χ0v) is 16.6. The lowest BCUT2D eigenvalue weighted by Crippen LogP contribution is -2.44. The number of hydrogen-bond donors (Lipinski definition) is 2. The number of benzene rings is 1. The summed E-state index contributed by atoms with van der Waals surface area (Å²) in [5.41, 5.74) is 2.03.